The van der Waals surface area contributed by atoms with E-state index in [9.17, 15) is 4.79 Å². The third-order valence-corrected chi connectivity index (χ3v) is 4.28. The van der Waals surface area contributed by atoms with E-state index in [1.165, 1.54) is 0 Å². The Labute approximate surface area is 120 Å². The maximum Gasteiger partial charge on any atom is 0.253 e. The van der Waals surface area contributed by atoms with E-state index in [4.69, 9.17) is 0 Å². The summed E-state index contributed by atoms with van der Waals surface area (Å²) >= 11 is 1.61. The minimum atomic E-state index is -0.0501. The molecule has 1 unspecified atom stereocenters. The minimum Gasteiger partial charge on any atom is -0.360 e. The second kappa shape index (κ2) is 5.46. The second-order valence-corrected chi connectivity index (χ2v) is 5.66. The van der Waals surface area contributed by atoms with E-state index < -0.39 is 0 Å². The van der Waals surface area contributed by atoms with Crippen molar-refractivity contribution in [3.05, 3.63) is 52.6 Å². The molecular formula is C15H15N3OS. The van der Waals surface area contributed by atoms with Crippen molar-refractivity contribution >= 4 is 28.1 Å². The van der Waals surface area contributed by atoms with Crippen molar-refractivity contribution in [2.75, 3.05) is 6.54 Å². The molecule has 0 fully saturated rings. The number of amides is 1. The molecule has 3 aromatic rings. The SMILES string of the molecule is CC(CNC(=O)c1c[nH]c2ccccc12)c1nccs1. The van der Waals surface area contributed by atoms with Gasteiger partial charge >= 0.3 is 0 Å². The van der Waals surface area contributed by atoms with Gasteiger partial charge in [0.1, 0.15) is 0 Å². The summed E-state index contributed by atoms with van der Waals surface area (Å²) in [7, 11) is 0. The lowest BCUT2D eigenvalue weighted by Crippen LogP contribution is -2.27. The first kappa shape index (κ1) is 12.9. The summed E-state index contributed by atoms with van der Waals surface area (Å²) in [5.74, 6) is 0.176. The van der Waals surface area contributed by atoms with Gasteiger partial charge in [-0.15, -0.1) is 11.3 Å². The van der Waals surface area contributed by atoms with Crippen LogP contribution >= 0.6 is 11.3 Å². The molecule has 3 rings (SSSR count). The average molecular weight is 285 g/mol. The molecule has 2 N–H and O–H groups in total. The topological polar surface area (TPSA) is 57.8 Å². The standard InChI is InChI=1S/C15H15N3OS/c1-10(15-16-6-7-20-15)8-18-14(19)12-9-17-13-5-3-2-4-11(12)13/h2-7,9-10,17H,8H2,1H3,(H,18,19). The Kier molecular flexibility index (Phi) is 3.52. The fraction of sp³-hybridized carbons (Fsp3) is 0.200. The minimum absolute atomic E-state index is 0.0501. The molecule has 2 heterocycles. The van der Waals surface area contributed by atoms with Crippen LogP contribution in [0.3, 0.4) is 0 Å². The van der Waals surface area contributed by atoms with Crippen molar-refractivity contribution in [2.24, 2.45) is 0 Å². The van der Waals surface area contributed by atoms with Gasteiger partial charge in [-0.2, -0.15) is 0 Å². The highest BCUT2D eigenvalue weighted by Crippen LogP contribution is 2.19. The van der Waals surface area contributed by atoms with Crippen LogP contribution in [0.1, 0.15) is 28.2 Å². The van der Waals surface area contributed by atoms with Gasteiger partial charge in [-0.05, 0) is 6.07 Å². The lowest BCUT2D eigenvalue weighted by molar-refractivity contribution is 0.0953. The Balaban J connectivity index is 1.70. The van der Waals surface area contributed by atoms with Crippen molar-refractivity contribution in [1.29, 1.82) is 0 Å². The first-order valence-corrected chi connectivity index (χ1v) is 7.37. The van der Waals surface area contributed by atoms with Crippen LogP contribution in [0.15, 0.2) is 42.0 Å². The Morgan fingerprint density at radius 3 is 3.10 bits per heavy atom. The molecule has 2 aromatic heterocycles. The maximum absolute atomic E-state index is 12.2. The van der Waals surface area contributed by atoms with E-state index >= 15 is 0 Å². The van der Waals surface area contributed by atoms with Crippen LogP contribution in [0.5, 0.6) is 0 Å². The number of aromatic nitrogens is 2. The number of thiazole rings is 1. The number of hydrogen-bond acceptors (Lipinski definition) is 3. The Hall–Kier alpha value is -2.14. The maximum atomic E-state index is 12.2. The molecule has 5 heteroatoms. The van der Waals surface area contributed by atoms with Gasteiger partial charge in [0.05, 0.1) is 10.6 Å². The molecule has 0 aliphatic heterocycles. The van der Waals surface area contributed by atoms with Gasteiger partial charge in [-0.3, -0.25) is 4.79 Å². The van der Waals surface area contributed by atoms with E-state index in [1.54, 1.807) is 23.7 Å². The van der Waals surface area contributed by atoms with Crippen molar-refractivity contribution < 1.29 is 4.79 Å². The lowest BCUT2D eigenvalue weighted by Gasteiger charge is -2.09. The number of hydrogen-bond donors (Lipinski definition) is 2. The molecule has 4 nitrogen and oxygen atoms in total. The highest BCUT2D eigenvalue weighted by molar-refractivity contribution is 7.09. The summed E-state index contributed by atoms with van der Waals surface area (Å²) in [5.41, 5.74) is 1.66. The van der Waals surface area contributed by atoms with E-state index in [0.29, 0.717) is 12.1 Å². The quantitative estimate of drug-likeness (QED) is 0.773. The number of carbonyl (C=O) groups excluding carboxylic acids is 1. The summed E-state index contributed by atoms with van der Waals surface area (Å²) in [6.45, 7) is 2.65. The molecule has 0 spiro atoms. The molecule has 20 heavy (non-hydrogen) atoms. The van der Waals surface area contributed by atoms with Crippen molar-refractivity contribution in [3.63, 3.8) is 0 Å². The van der Waals surface area contributed by atoms with Gasteiger partial charge in [0, 0.05) is 41.1 Å². The average Bonchev–Trinajstić information content (AvgIpc) is 3.13. The first-order chi connectivity index (χ1) is 9.75. The smallest absolute Gasteiger partial charge is 0.253 e. The van der Waals surface area contributed by atoms with Crippen molar-refractivity contribution in [2.45, 2.75) is 12.8 Å². The fourth-order valence-corrected chi connectivity index (χ4v) is 2.86. The molecule has 0 bridgehead atoms. The van der Waals surface area contributed by atoms with Gasteiger partial charge in [0.25, 0.3) is 5.91 Å². The number of nitrogens with one attached hydrogen (secondary N) is 2. The summed E-state index contributed by atoms with van der Waals surface area (Å²) < 4.78 is 0. The fourth-order valence-electron chi connectivity index (χ4n) is 2.17. The van der Waals surface area contributed by atoms with Crippen LogP contribution in [0.2, 0.25) is 0 Å². The number of aromatic amines is 1. The van der Waals surface area contributed by atoms with Crippen molar-refractivity contribution in [3.8, 4) is 0 Å². The first-order valence-electron chi connectivity index (χ1n) is 6.49. The number of rotatable bonds is 4. The number of carbonyl (C=O) groups is 1. The molecule has 0 saturated heterocycles. The monoisotopic (exact) mass is 285 g/mol. The van der Waals surface area contributed by atoms with E-state index in [0.717, 1.165) is 15.9 Å². The zero-order valence-corrected chi connectivity index (χ0v) is 11.9. The molecule has 0 saturated carbocycles. The predicted octanol–water partition coefficient (Wildman–Crippen LogP) is 3.16. The molecular weight excluding hydrogens is 270 g/mol. The highest BCUT2D eigenvalue weighted by atomic mass is 32.1. The number of benzene rings is 1. The van der Waals surface area contributed by atoms with Crippen LogP contribution in [-0.2, 0) is 0 Å². The Morgan fingerprint density at radius 2 is 2.30 bits per heavy atom. The molecule has 1 amide bonds. The summed E-state index contributed by atoms with van der Waals surface area (Å²) in [6, 6.07) is 7.80. The van der Waals surface area contributed by atoms with Gasteiger partial charge in [-0.1, -0.05) is 25.1 Å². The number of fused-ring (bicyclic) bond motifs is 1. The van der Waals surface area contributed by atoms with Gasteiger partial charge in [0.15, 0.2) is 0 Å². The number of nitrogens with zero attached hydrogens (tertiary/aromatic N) is 1. The normalized spacial score (nSPS) is 12.4. The van der Waals surface area contributed by atoms with Crippen LogP contribution in [-0.4, -0.2) is 22.4 Å². The van der Waals surface area contributed by atoms with E-state index in [1.807, 2.05) is 29.6 Å². The molecule has 102 valence electrons. The highest BCUT2D eigenvalue weighted by Gasteiger charge is 2.14. The summed E-state index contributed by atoms with van der Waals surface area (Å²) in [4.78, 5) is 19.6. The lowest BCUT2D eigenvalue weighted by atomic mass is 10.1. The van der Waals surface area contributed by atoms with Crippen LogP contribution < -0.4 is 5.32 Å². The van der Waals surface area contributed by atoms with Crippen LogP contribution in [0, 0.1) is 0 Å². The van der Waals surface area contributed by atoms with E-state index in [-0.39, 0.29) is 11.8 Å². The third kappa shape index (κ3) is 2.44. The Bertz CT molecular complexity index is 718. The number of H-pyrrole nitrogens is 1. The third-order valence-electron chi connectivity index (χ3n) is 3.28. The van der Waals surface area contributed by atoms with Gasteiger partial charge in [0.2, 0.25) is 0 Å². The second-order valence-electron chi connectivity index (χ2n) is 4.73. The van der Waals surface area contributed by atoms with Gasteiger partial charge < -0.3 is 10.3 Å². The van der Waals surface area contributed by atoms with E-state index in [2.05, 4.69) is 22.2 Å². The van der Waals surface area contributed by atoms with Crippen LogP contribution in [0.4, 0.5) is 0 Å². The molecule has 0 aliphatic carbocycles. The zero-order chi connectivity index (χ0) is 13.9. The number of para-hydroxylation sites is 1. The van der Waals surface area contributed by atoms with Gasteiger partial charge in [-0.25, -0.2) is 4.98 Å². The summed E-state index contributed by atoms with van der Waals surface area (Å²) in [6.07, 6.45) is 3.55. The molecule has 1 aromatic carbocycles. The molecule has 0 aliphatic rings. The van der Waals surface area contributed by atoms with Crippen LogP contribution in [0.25, 0.3) is 10.9 Å². The zero-order valence-electron chi connectivity index (χ0n) is 11.1. The predicted molar refractivity (Wildman–Crippen MR) is 81.2 cm³/mol. The Morgan fingerprint density at radius 1 is 1.45 bits per heavy atom. The molecule has 0 radical (unpaired) electrons. The largest absolute Gasteiger partial charge is 0.360 e. The summed E-state index contributed by atoms with van der Waals surface area (Å²) in [5, 5.41) is 6.92. The van der Waals surface area contributed by atoms with Crippen molar-refractivity contribution in [1.82, 2.24) is 15.3 Å². The molecule has 1 atom stereocenters.